The van der Waals surface area contributed by atoms with Crippen LogP contribution in [0.5, 0.6) is 0 Å². The zero-order valence-electron chi connectivity index (χ0n) is 4.33. The monoisotopic (exact) mass is 115 g/mol. The van der Waals surface area contributed by atoms with Gasteiger partial charge in [-0.2, -0.15) is 12.6 Å². The summed E-state index contributed by atoms with van der Waals surface area (Å²) in [6, 6.07) is 0.206. The van der Waals surface area contributed by atoms with E-state index in [1.54, 1.807) is 5.41 Å². The lowest BCUT2D eigenvalue weighted by Gasteiger charge is -1.90. The van der Waals surface area contributed by atoms with Crippen molar-refractivity contribution >= 4 is 19.3 Å². The van der Waals surface area contributed by atoms with Gasteiger partial charge in [0.25, 0.3) is 0 Å². The van der Waals surface area contributed by atoms with Gasteiger partial charge in [0.1, 0.15) is 0 Å². The summed E-state index contributed by atoms with van der Waals surface area (Å²) in [7, 11) is 0. The topological polar surface area (TPSA) is 12.4 Å². The van der Waals surface area contributed by atoms with E-state index in [0.29, 0.717) is 0 Å². The zero-order valence-corrected chi connectivity index (χ0v) is 5.23. The smallest absolute Gasteiger partial charge is 0.0652 e. The Balaban J connectivity index is 3.35. The molecular weight excluding hydrogens is 106 g/mol. The average molecular weight is 115 g/mol. The number of aliphatic imine (C=N–C) groups is 1. The Labute approximate surface area is 49.6 Å². The minimum atomic E-state index is 0.206. The lowest BCUT2D eigenvalue weighted by Crippen LogP contribution is -1.86. The van der Waals surface area contributed by atoms with Gasteiger partial charge in [-0.05, 0) is 19.0 Å². The molecule has 0 aliphatic rings. The molecule has 0 aromatic rings. The molecule has 0 aromatic heterocycles. The van der Waals surface area contributed by atoms with Crippen LogP contribution < -0.4 is 0 Å². The quantitative estimate of drug-likeness (QED) is 0.414. The van der Waals surface area contributed by atoms with Crippen molar-refractivity contribution in [1.82, 2.24) is 0 Å². The molecule has 0 amide bonds. The predicted octanol–water partition coefficient (Wildman–Crippen LogP) is 1.52. The summed E-state index contributed by atoms with van der Waals surface area (Å²) >= 11 is 3.85. The van der Waals surface area contributed by atoms with Gasteiger partial charge in [0, 0.05) is 0 Å². The van der Waals surface area contributed by atoms with Gasteiger partial charge in [-0.25, -0.2) is 0 Å². The highest BCUT2D eigenvalue weighted by Crippen LogP contribution is 1.89. The number of hydrogen-bond donors (Lipinski definition) is 1. The van der Waals surface area contributed by atoms with Crippen LogP contribution in [0.15, 0.2) is 16.5 Å². The van der Waals surface area contributed by atoms with E-state index in [-0.39, 0.29) is 6.04 Å². The molecule has 1 atom stereocenters. The van der Waals surface area contributed by atoms with Crippen molar-refractivity contribution < 1.29 is 0 Å². The predicted molar refractivity (Wildman–Crippen MR) is 37.1 cm³/mol. The van der Waals surface area contributed by atoms with E-state index in [0.717, 1.165) is 0 Å². The Kier molecular flexibility index (Phi) is 3.80. The Morgan fingerprint density at radius 2 is 2.43 bits per heavy atom. The molecule has 0 heterocycles. The van der Waals surface area contributed by atoms with E-state index in [1.807, 2.05) is 13.0 Å². The summed E-state index contributed by atoms with van der Waals surface area (Å²) < 4.78 is 0. The van der Waals surface area contributed by atoms with Gasteiger partial charge in [0.05, 0.1) is 6.04 Å². The maximum absolute atomic E-state index is 3.85. The molecular formula is C5H9NS. The first-order chi connectivity index (χ1) is 3.31. The largest absolute Gasteiger partial charge is 0.294 e. The van der Waals surface area contributed by atoms with Crippen LogP contribution in [0.2, 0.25) is 0 Å². The molecule has 2 heteroatoms. The van der Waals surface area contributed by atoms with Crippen molar-refractivity contribution in [2.24, 2.45) is 4.99 Å². The van der Waals surface area contributed by atoms with Crippen LogP contribution in [-0.2, 0) is 0 Å². The van der Waals surface area contributed by atoms with Gasteiger partial charge in [-0.3, -0.25) is 4.99 Å². The van der Waals surface area contributed by atoms with Crippen LogP contribution in [0.1, 0.15) is 6.92 Å². The van der Waals surface area contributed by atoms with E-state index < -0.39 is 0 Å². The summed E-state index contributed by atoms with van der Waals surface area (Å²) in [6.07, 6.45) is 1.86. The van der Waals surface area contributed by atoms with Crippen LogP contribution in [0.25, 0.3) is 0 Å². The standard InChI is InChI=1S/C5H9NS/c1-5(6-2)3-4-7/h3-5,7H,2H2,1H3/b4-3-. The molecule has 0 aromatic carbocycles. The molecule has 0 radical (unpaired) electrons. The molecule has 0 rings (SSSR count). The molecule has 40 valence electrons. The van der Waals surface area contributed by atoms with E-state index in [4.69, 9.17) is 0 Å². The van der Waals surface area contributed by atoms with Gasteiger partial charge in [0.15, 0.2) is 0 Å². The lowest BCUT2D eigenvalue weighted by atomic mass is 10.4. The second-order valence-corrected chi connectivity index (χ2v) is 1.56. The van der Waals surface area contributed by atoms with Gasteiger partial charge in [-0.15, -0.1) is 0 Å². The summed E-state index contributed by atoms with van der Waals surface area (Å²) in [4.78, 5) is 3.69. The number of thiol groups is 1. The minimum Gasteiger partial charge on any atom is -0.294 e. The first-order valence-corrected chi connectivity index (χ1v) is 2.59. The average Bonchev–Trinajstić information content (AvgIpc) is 1.68. The van der Waals surface area contributed by atoms with Crippen molar-refractivity contribution in [3.63, 3.8) is 0 Å². The Morgan fingerprint density at radius 1 is 1.86 bits per heavy atom. The van der Waals surface area contributed by atoms with Crippen molar-refractivity contribution in [1.29, 1.82) is 0 Å². The van der Waals surface area contributed by atoms with E-state index in [9.17, 15) is 0 Å². The van der Waals surface area contributed by atoms with Crippen LogP contribution in [-0.4, -0.2) is 12.8 Å². The fourth-order valence-corrected chi connectivity index (χ4v) is 0.435. The molecule has 0 bridgehead atoms. The van der Waals surface area contributed by atoms with Crippen molar-refractivity contribution in [3.8, 4) is 0 Å². The second-order valence-electron chi connectivity index (χ2n) is 1.26. The summed E-state index contributed by atoms with van der Waals surface area (Å²) in [5, 5.41) is 1.67. The fraction of sp³-hybridized carbons (Fsp3) is 0.400. The van der Waals surface area contributed by atoms with Gasteiger partial charge < -0.3 is 0 Å². The van der Waals surface area contributed by atoms with E-state index >= 15 is 0 Å². The highest BCUT2D eigenvalue weighted by molar-refractivity contribution is 7.83. The molecule has 1 unspecified atom stereocenters. The molecule has 1 nitrogen and oxygen atoms in total. The summed E-state index contributed by atoms with van der Waals surface area (Å²) in [5.74, 6) is 0. The van der Waals surface area contributed by atoms with Crippen LogP contribution in [0.4, 0.5) is 0 Å². The van der Waals surface area contributed by atoms with Crippen molar-refractivity contribution in [2.45, 2.75) is 13.0 Å². The highest BCUT2D eigenvalue weighted by atomic mass is 32.1. The van der Waals surface area contributed by atoms with Gasteiger partial charge >= 0.3 is 0 Å². The molecule has 0 fully saturated rings. The highest BCUT2D eigenvalue weighted by Gasteiger charge is 1.82. The lowest BCUT2D eigenvalue weighted by molar-refractivity contribution is 0.939. The SMILES string of the molecule is C=NC(C)/C=C\S. The Hall–Kier alpha value is -0.240. The van der Waals surface area contributed by atoms with E-state index in [2.05, 4.69) is 24.3 Å². The summed E-state index contributed by atoms with van der Waals surface area (Å²) in [5.41, 5.74) is 0. The number of nitrogens with zero attached hydrogens (tertiary/aromatic N) is 1. The Bertz CT molecular complexity index is 78.1. The number of hydrogen-bond acceptors (Lipinski definition) is 2. The van der Waals surface area contributed by atoms with Crippen LogP contribution >= 0.6 is 12.6 Å². The van der Waals surface area contributed by atoms with Gasteiger partial charge in [0.2, 0.25) is 0 Å². The first-order valence-electron chi connectivity index (χ1n) is 2.08. The van der Waals surface area contributed by atoms with Crippen molar-refractivity contribution in [3.05, 3.63) is 11.5 Å². The minimum absolute atomic E-state index is 0.206. The fourth-order valence-electron chi connectivity index (χ4n) is 0.185. The molecule has 0 aliphatic carbocycles. The Morgan fingerprint density at radius 3 is 2.57 bits per heavy atom. The summed E-state index contributed by atoms with van der Waals surface area (Å²) in [6.45, 7) is 5.29. The van der Waals surface area contributed by atoms with Gasteiger partial charge in [-0.1, -0.05) is 6.08 Å². The third kappa shape index (κ3) is 3.59. The van der Waals surface area contributed by atoms with Crippen molar-refractivity contribution in [2.75, 3.05) is 0 Å². The van der Waals surface area contributed by atoms with E-state index in [1.165, 1.54) is 0 Å². The van der Waals surface area contributed by atoms with Crippen LogP contribution in [0, 0.1) is 0 Å². The number of rotatable bonds is 2. The molecule has 0 aliphatic heterocycles. The third-order valence-corrected chi connectivity index (χ3v) is 0.825. The maximum Gasteiger partial charge on any atom is 0.0652 e. The zero-order chi connectivity index (χ0) is 5.70. The molecule has 0 N–H and O–H groups in total. The molecule has 0 saturated carbocycles. The third-order valence-electron chi connectivity index (χ3n) is 0.653. The molecule has 0 saturated heterocycles. The first kappa shape index (κ1) is 6.76. The maximum atomic E-state index is 3.85. The molecule has 7 heavy (non-hydrogen) atoms. The second kappa shape index (κ2) is 3.93. The normalized spacial score (nSPS) is 14.6. The van der Waals surface area contributed by atoms with Crippen LogP contribution in [0.3, 0.4) is 0 Å². The molecule has 0 spiro atoms.